The number of halogens is 2. The van der Waals surface area contributed by atoms with Crippen LogP contribution in [0.3, 0.4) is 0 Å². The molecule has 92 valence electrons. The van der Waals surface area contributed by atoms with E-state index in [9.17, 15) is 8.78 Å². The maximum atomic E-state index is 13.1. The number of rotatable bonds is 2. The summed E-state index contributed by atoms with van der Waals surface area (Å²) in [5.74, 6) is -1.44. The zero-order valence-electron chi connectivity index (χ0n) is 9.10. The summed E-state index contributed by atoms with van der Waals surface area (Å²) < 4.78 is 27.6. The monoisotopic (exact) mass is 266 g/mol. The fourth-order valence-electron chi connectivity index (χ4n) is 1.62. The van der Waals surface area contributed by atoms with Gasteiger partial charge in [-0.2, -0.15) is 4.98 Å². The van der Waals surface area contributed by atoms with Gasteiger partial charge in [-0.05, 0) is 18.2 Å². The first kappa shape index (κ1) is 11.2. The Morgan fingerprint density at radius 2 is 2.11 bits per heavy atom. The van der Waals surface area contributed by atoms with Crippen LogP contribution >= 0.6 is 11.3 Å². The second-order valence-corrected chi connectivity index (χ2v) is 4.53. The minimum atomic E-state index is -0.912. The summed E-state index contributed by atoms with van der Waals surface area (Å²) in [5, 5.41) is 6.10. The van der Waals surface area contributed by atoms with E-state index in [0.29, 0.717) is 22.9 Å². The van der Waals surface area contributed by atoms with Crippen molar-refractivity contribution in [3.8, 4) is 11.4 Å². The Hall–Kier alpha value is -1.86. The van der Waals surface area contributed by atoms with Crippen molar-refractivity contribution in [2.24, 2.45) is 5.73 Å². The minimum Gasteiger partial charge on any atom is -0.325 e. The molecule has 2 aromatic heterocycles. The SMILES string of the molecule is NCc1csc2nc(-c3ccc(F)c(F)c3)nn12. The van der Waals surface area contributed by atoms with Crippen molar-refractivity contribution in [3.63, 3.8) is 0 Å². The number of nitrogens with two attached hydrogens (primary N) is 1. The van der Waals surface area contributed by atoms with Crippen LogP contribution in [-0.2, 0) is 6.54 Å². The normalized spacial score (nSPS) is 11.3. The molecule has 3 rings (SSSR count). The fourth-order valence-corrected chi connectivity index (χ4v) is 2.46. The molecule has 0 aliphatic carbocycles. The van der Waals surface area contributed by atoms with Gasteiger partial charge >= 0.3 is 0 Å². The second-order valence-electron chi connectivity index (χ2n) is 3.69. The van der Waals surface area contributed by atoms with Crippen LogP contribution in [0.4, 0.5) is 8.78 Å². The van der Waals surface area contributed by atoms with Crippen LogP contribution in [0, 0.1) is 11.6 Å². The summed E-state index contributed by atoms with van der Waals surface area (Å²) in [7, 11) is 0. The summed E-state index contributed by atoms with van der Waals surface area (Å²) in [5.41, 5.74) is 6.83. The number of hydrogen-bond donors (Lipinski definition) is 1. The molecule has 0 amide bonds. The Morgan fingerprint density at radius 1 is 1.28 bits per heavy atom. The summed E-state index contributed by atoms with van der Waals surface area (Å²) in [6.45, 7) is 0.348. The van der Waals surface area contributed by atoms with E-state index in [4.69, 9.17) is 5.73 Å². The van der Waals surface area contributed by atoms with Gasteiger partial charge < -0.3 is 5.73 Å². The number of aromatic nitrogens is 3. The van der Waals surface area contributed by atoms with E-state index in [2.05, 4.69) is 10.1 Å². The van der Waals surface area contributed by atoms with Gasteiger partial charge in [0.25, 0.3) is 0 Å². The van der Waals surface area contributed by atoms with Crippen LogP contribution in [-0.4, -0.2) is 14.6 Å². The lowest BCUT2D eigenvalue weighted by Gasteiger charge is -1.96. The summed E-state index contributed by atoms with van der Waals surface area (Å²) in [6.07, 6.45) is 0. The topological polar surface area (TPSA) is 56.2 Å². The first-order valence-electron chi connectivity index (χ1n) is 5.17. The lowest BCUT2D eigenvalue weighted by atomic mass is 10.2. The van der Waals surface area contributed by atoms with E-state index in [1.54, 1.807) is 4.52 Å². The Bertz CT molecular complexity index is 719. The van der Waals surface area contributed by atoms with Crippen LogP contribution in [0.2, 0.25) is 0 Å². The molecule has 4 nitrogen and oxygen atoms in total. The van der Waals surface area contributed by atoms with Crippen LogP contribution in [0.5, 0.6) is 0 Å². The van der Waals surface area contributed by atoms with E-state index in [1.807, 2.05) is 5.38 Å². The average molecular weight is 266 g/mol. The molecule has 0 unspecified atom stereocenters. The van der Waals surface area contributed by atoms with Crippen molar-refractivity contribution in [1.82, 2.24) is 14.6 Å². The van der Waals surface area contributed by atoms with Crippen molar-refractivity contribution in [1.29, 1.82) is 0 Å². The maximum Gasteiger partial charge on any atom is 0.212 e. The molecule has 3 aromatic rings. The third kappa shape index (κ3) is 1.68. The van der Waals surface area contributed by atoms with Gasteiger partial charge in [0.05, 0.1) is 5.69 Å². The number of thiazole rings is 1. The molecule has 0 radical (unpaired) electrons. The Balaban J connectivity index is 2.13. The van der Waals surface area contributed by atoms with Gasteiger partial charge in [-0.3, -0.25) is 0 Å². The lowest BCUT2D eigenvalue weighted by Crippen LogP contribution is -2.01. The fraction of sp³-hybridized carbons (Fsp3) is 0.0909. The maximum absolute atomic E-state index is 13.1. The van der Waals surface area contributed by atoms with Crippen molar-refractivity contribution in [2.75, 3.05) is 0 Å². The molecule has 0 aliphatic heterocycles. The number of fused-ring (bicyclic) bond motifs is 1. The highest BCUT2D eigenvalue weighted by molar-refractivity contribution is 7.15. The van der Waals surface area contributed by atoms with E-state index in [0.717, 1.165) is 17.8 Å². The lowest BCUT2D eigenvalue weighted by molar-refractivity contribution is 0.509. The number of benzene rings is 1. The van der Waals surface area contributed by atoms with E-state index in [1.165, 1.54) is 17.4 Å². The molecule has 7 heteroatoms. The molecule has 0 saturated carbocycles. The molecule has 0 aliphatic rings. The molecule has 18 heavy (non-hydrogen) atoms. The molecular formula is C11H8F2N4S. The van der Waals surface area contributed by atoms with Gasteiger partial charge in [0.1, 0.15) is 0 Å². The molecular weight excluding hydrogens is 258 g/mol. The van der Waals surface area contributed by atoms with Gasteiger partial charge in [0.15, 0.2) is 17.5 Å². The molecule has 1 aromatic carbocycles. The van der Waals surface area contributed by atoms with Crippen molar-refractivity contribution in [2.45, 2.75) is 6.54 Å². The van der Waals surface area contributed by atoms with Gasteiger partial charge in [-0.1, -0.05) is 0 Å². The second kappa shape index (κ2) is 4.11. The predicted molar refractivity (Wildman–Crippen MR) is 64.1 cm³/mol. The first-order chi connectivity index (χ1) is 8.69. The van der Waals surface area contributed by atoms with E-state index in [-0.39, 0.29) is 0 Å². The average Bonchev–Trinajstić information content (AvgIpc) is 2.92. The quantitative estimate of drug-likeness (QED) is 0.773. The molecule has 2 N–H and O–H groups in total. The molecule has 0 fully saturated rings. The van der Waals surface area contributed by atoms with Gasteiger partial charge in [0, 0.05) is 17.5 Å². The first-order valence-corrected chi connectivity index (χ1v) is 6.05. The summed E-state index contributed by atoms with van der Waals surface area (Å²) >= 11 is 1.40. The minimum absolute atomic E-state index is 0.348. The van der Waals surface area contributed by atoms with Crippen molar-refractivity contribution < 1.29 is 8.78 Å². The zero-order chi connectivity index (χ0) is 12.7. The summed E-state index contributed by atoms with van der Waals surface area (Å²) in [6, 6.07) is 3.58. The molecule has 0 atom stereocenters. The van der Waals surface area contributed by atoms with E-state index < -0.39 is 11.6 Å². The van der Waals surface area contributed by atoms with E-state index >= 15 is 0 Å². The number of hydrogen-bond acceptors (Lipinski definition) is 4. The Kier molecular flexibility index (Phi) is 2.57. The molecule has 0 saturated heterocycles. The molecule has 2 heterocycles. The van der Waals surface area contributed by atoms with Crippen molar-refractivity contribution in [3.05, 3.63) is 40.9 Å². The highest BCUT2D eigenvalue weighted by atomic mass is 32.1. The van der Waals surface area contributed by atoms with Gasteiger partial charge in [0.2, 0.25) is 4.96 Å². The van der Waals surface area contributed by atoms with Crippen molar-refractivity contribution >= 4 is 16.3 Å². The largest absolute Gasteiger partial charge is 0.325 e. The van der Waals surface area contributed by atoms with Crippen LogP contribution in [0.25, 0.3) is 16.3 Å². The smallest absolute Gasteiger partial charge is 0.212 e. The van der Waals surface area contributed by atoms with Gasteiger partial charge in [-0.25, -0.2) is 13.3 Å². The van der Waals surface area contributed by atoms with Crippen LogP contribution in [0.15, 0.2) is 23.6 Å². The van der Waals surface area contributed by atoms with Gasteiger partial charge in [-0.15, -0.1) is 16.4 Å². The Labute approximate surface area is 105 Å². The van der Waals surface area contributed by atoms with Crippen LogP contribution < -0.4 is 5.73 Å². The Morgan fingerprint density at radius 3 is 2.83 bits per heavy atom. The standard InChI is InChI=1S/C11H8F2N4S/c12-8-2-1-6(3-9(8)13)10-15-11-17(16-10)7(4-14)5-18-11/h1-3,5H,4,14H2. The molecule has 0 bridgehead atoms. The third-order valence-corrected chi connectivity index (χ3v) is 3.40. The third-order valence-electron chi connectivity index (χ3n) is 2.54. The highest BCUT2D eigenvalue weighted by Gasteiger charge is 2.12. The molecule has 0 spiro atoms. The van der Waals surface area contributed by atoms with Crippen LogP contribution in [0.1, 0.15) is 5.69 Å². The summed E-state index contributed by atoms with van der Waals surface area (Å²) in [4.78, 5) is 4.92. The zero-order valence-corrected chi connectivity index (χ0v) is 9.92. The predicted octanol–water partition coefficient (Wildman–Crippen LogP) is 2.19. The highest BCUT2D eigenvalue weighted by Crippen LogP contribution is 2.22. The number of nitrogens with zero attached hydrogens (tertiary/aromatic N) is 3.